The molecule has 132 valence electrons. The fraction of sp³-hybridized carbons (Fsp3) is 0.444. The number of nitrogens with zero attached hydrogens (tertiary/aromatic N) is 1. The van der Waals surface area contributed by atoms with Gasteiger partial charge in [0.05, 0.1) is 35.5 Å². The van der Waals surface area contributed by atoms with E-state index in [-0.39, 0.29) is 12.0 Å². The molecule has 2 aliphatic rings. The Balaban J connectivity index is 1.54. The van der Waals surface area contributed by atoms with E-state index in [1.807, 2.05) is 0 Å². The zero-order chi connectivity index (χ0) is 17.2. The molecule has 2 heterocycles. The summed E-state index contributed by atoms with van der Waals surface area (Å²) >= 11 is 7.56. The average Bonchev–Trinajstić information content (AvgIpc) is 3.25. The maximum Gasteiger partial charge on any atom is 0.261 e. The molecule has 1 fully saturated rings. The van der Waals surface area contributed by atoms with Crippen LogP contribution in [0.1, 0.15) is 46.6 Å². The summed E-state index contributed by atoms with van der Waals surface area (Å²) in [5.41, 5.74) is 1.46. The molecule has 0 atom stereocenters. The second-order valence-electron chi connectivity index (χ2n) is 6.31. The summed E-state index contributed by atoms with van der Waals surface area (Å²) in [4.78, 5) is 18.3. The zero-order valence-corrected chi connectivity index (χ0v) is 15.3. The first-order valence-corrected chi connectivity index (χ1v) is 9.72. The highest BCUT2D eigenvalue weighted by Gasteiger charge is 2.22. The van der Waals surface area contributed by atoms with E-state index in [0.29, 0.717) is 34.7 Å². The van der Waals surface area contributed by atoms with Crippen LogP contribution in [0.2, 0.25) is 5.02 Å². The third-order valence-electron chi connectivity index (χ3n) is 4.50. The Bertz CT molecular complexity index is 763. The van der Waals surface area contributed by atoms with Gasteiger partial charge in [0.1, 0.15) is 5.75 Å². The highest BCUT2D eigenvalue weighted by Crippen LogP contribution is 2.31. The first-order valence-electron chi connectivity index (χ1n) is 8.53. The molecule has 0 radical (unpaired) electrons. The molecule has 4 rings (SSSR count). The summed E-state index contributed by atoms with van der Waals surface area (Å²) in [5, 5.41) is 3.98. The molecule has 1 aromatic carbocycles. The topological polar surface area (TPSA) is 60.5 Å². The number of hydrogen-bond acceptors (Lipinski definition) is 5. The largest absolute Gasteiger partial charge is 0.490 e. The van der Waals surface area contributed by atoms with Crippen molar-refractivity contribution in [3.63, 3.8) is 0 Å². The summed E-state index contributed by atoms with van der Waals surface area (Å²) in [6.07, 6.45) is 5.37. The van der Waals surface area contributed by atoms with Crippen molar-refractivity contribution in [2.75, 3.05) is 11.9 Å². The van der Waals surface area contributed by atoms with Gasteiger partial charge in [0.25, 0.3) is 5.91 Å². The van der Waals surface area contributed by atoms with Crippen LogP contribution in [-0.4, -0.2) is 23.6 Å². The fourth-order valence-electron chi connectivity index (χ4n) is 3.21. The minimum Gasteiger partial charge on any atom is -0.490 e. The van der Waals surface area contributed by atoms with Crippen molar-refractivity contribution in [3.05, 3.63) is 39.4 Å². The summed E-state index contributed by atoms with van der Waals surface area (Å²) in [5.74, 6) is 0.334. The fourth-order valence-corrected chi connectivity index (χ4v) is 4.32. The van der Waals surface area contributed by atoms with Gasteiger partial charge in [-0.3, -0.25) is 10.1 Å². The number of benzene rings is 1. The number of ether oxygens (including phenoxy) is 2. The lowest BCUT2D eigenvalue weighted by atomic mass is 10.2. The number of amides is 1. The van der Waals surface area contributed by atoms with Crippen LogP contribution in [0.5, 0.6) is 5.75 Å². The van der Waals surface area contributed by atoms with Gasteiger partial charge in [-0.05, 0) is 43.9 Å². The minimum atomic E-state index is -0.248. The van der Waals surface area contributed by atoms with Crippen LogP contribution >= 0.6 is 22.9 Å². The van der Waals surface area contributed by atoms with E-state index in [1.54, 1.807) is 18.2 Å². The third kappa shape index (κ3) is 3.81. The standard InChI is InChI=1S/C18H19ClN2O3S/c19-11-5-6-15(24-12-3-1-2-4-12)13(9-11)17(22)21-18-20-14-7-8-23-10-16(14)25-18/h5-6,9,12H,1-4,7-8,10H2,(H,20,21,22). The molecule has 1 N–H and O–H groups in total. The van der Waals surface area contributed by atoms with E-state index in [9.17, 15) is 4.79 Å². The Labute approximate surface area is 155 Å². The summed E-state index contributed by atoms with van der Waals surface area (Å²) in [6, 6.07) is 5.18. The number of hydrogen-bond donors (Lipinski definition) is 1. The van der Waals surface area contributed by atoms with Gasteiger partial charge in [-0.1, -0.05) is 22.9 Å². The van der Waals surface area contributed by atoms with E-state index in [1.165, 1.54) is 24.2 Å². The predicted octanol–water partition coefficient (Wildman–Crippen LogP) is 4.44. The highest BCUT2D eigenvalue weighted by molar-refractivity contribution is 7.15. The van der Waals surface area contributed by atoms with Crippen molar-refractivity contribution >= 4 is 34.0 Å². The van der Waals surface area contributed by atoms with Crippen molar-refractivity contribution in [2.45, 2.75) is 44.8 Å². The van der Waals surface area contributed by atoms with Crippen LogP contribution < -0.4 is 10.1 Å². The third-order valence-corrected chi connectivity index (χ3v) is 5.72. The molecule has 1 aromatic heterocycles. The van der Waals surface area contributed by atoms with E-state index >= 15 is 0 Å². The van der Waals surface area contributed by atoms with Crippen molar-refractivity contribution < 1.29 is 14.3 Å². The molecule has 2 aromatic rings. The van der Waals surface area contributed by atoms with E-state index in [4.69, 9.17) is 21.1 Å². The first kappa shape index (κ1) is 16.8. The van der Waals surface area contributed by atoms with Crippen LogP contribution in [-0.2, 0) is 17.8 Å². The maximum atomic E-state index is 12.8. The van der Waals surface area contributed by atoms with Crippen LogP contribution in [0, 0.1) is 0 Å². The molecular formula is C18H19ClN2O3S. The molecule has 0 bridgehead atoms. The molecule has 25 heavy (non-hydrogen) atoms. The summed E-state index contributed by atoms with van der Waals surface area (Å²) in [7, 11) is 0. The molecular weight excluding hydrogens is 360 g/mol. The number of rotatable bonds is 4. The number of fused-ring (bicyclic) bond motifs is 1. The molecule has 1 aliphatic heterocycles. The average molecular weight is 379 g/mol. The van der Waals surface area contributed by atoms with E-state index in [2.05, 4.69) is 10.3 Å². The molecule has 5 nitrogen and oxygen atoms in total. The second kappa shape index (κ2) is 7.32. The molecule has 7 heteroatoms. The van der Waals surface area contributed by atoms with Crippen LogP contribution in [0.3, 0.4) is 0 Å². The Morgan fingerprint density at radius 1 is 1.36 bits per heavy atom. The first-order chi connectivity index (χ1) is 12.2. The van der Waals surface area contributed by atoms with Crippen LogP contribution in [0.15, 0.2) is 18.2 Å². The Morgan fingerprint density at radius 3 is 3.00 bits per heavy atom. The zero-order valence-electron chi connectivity index (χ0n) is 13.7. The number of nitrogens with one attached hydrogen (secondary N) is 1. The summed E-state index contributed by atoms with van der Waals surface area (Å²) < 4.78 is 11.5. The number of carbonyl (C=O) groups excluding carboxylic acids is 1. The van der Waals surface area contributed by atoms with E-state index < -0.39 is 0 Å². The Morgan fingerprint density at radius 2 is 2.20 bits per heavy atom. The number of carbonyl (C=O) groups is 1. The van der Waals surface area contributed by atoms with Crippen LogP contribution in [0.4, 0.5) is 5.13 Å². The Kier molecular flexibility index (Phi) is 4.92. The van der Waals surface area contributed by atoms with E-state index in [0.717, 1.165) is 29.8 Å². The minimum absolute atomic E-state index is 0.178. The predicted molar refractivity (Wildman–Crippen MR) is 97.8 cm³/mol. The van der Waals surface area contributed by atoms with Gasteiger partial charge in [-0.15, -0.1) is 0 Å². The van der Waals surface area contributed by atoms with Gasteiger partial charge in [0, 0.05) is 11.4 Å². The molecule has 0 spiro atoms. The monoisotopic (exact) mass is 378 g/mol. The van der Waals surface area contributed by atoms with Gasteiger partial charge >= 0.3 is 0 Å². The maximum absolute atomic E-state index is 12.8. The SMILES string of the molecule is O=C(Nc1nc2c(s1)COCC2)c1cc(Cl)ccc1OC1CCCC1. The Hall–Kier alpha value is -1.63. The van der Waals surface area contributed by atoms with Crippen molar-refractivity contribution in [1.29, 1.82) is 0 Å². The quantitative estimate of drug-likeness (QED) is 0.854. The van der Waals surface area contributed by atoms with Gasteiger partial charge in [-0.25, -0.2) is 4.98 Å². The second-order valence-corrected chi connectivity index (χ2v) is 7.83. The molecule has 1 saturated carbocycles. The highest BCUT2D eigenvalue weighted by atomic mass is 35.5. The summed E-state index contributed by atoms with van der Waals surface area (Å²) in [6.45, 7) is 1.24. The van der Waals surface area contributed by atoms with Gasteiger partial charge < -0.3 is 9.47 Å². The lowest BCUT2D eigenvalue weighted by molar-refractivity contribution is 0.101. The van der Waals surface area contributed by atoms with Gasteiger partial charge in [0.2, 0.25) is 0 Å². The van der Waals surface area contributed by atoms with Crippen molar-refractivity contribution in [1.82, 2.24) is 4.98 Å². The smallest absolute Gasteiger partial charge is 0.261 e. The number of thiazole rings is 1. The molecule has 0 unspecified atom stereocenters. The normalized spacial score (nSPS) is 17.3. The van der Waals surface area contributed by atoms with Crippen molar-refractivity contribution in [3.8, 4) is 5.75 Å². The number of aromatic nitrogens is 1. The van der Waals surface area contributed by atoms with Gasteiger partial charge in [0.15, 0.2) is 5.13 Å². The van der Waals surface area contributed by atoms with Crippen LogP contribution in [0.25, 0.3) is 0 Å². The lowest BCUT2D eigenvalue weighted by Gasteiger charge is -2.16. The number of halogens is 1. The van der Waals surface area contributed by atoms with Gasteiger partial charge in [-0.2, -0.15) is 0 Å². The molecule has 0 saturated heterocycles. The van der Waals surface area contributed by atoms with Crippen molar-refractivity contribution in [2.24, 2.45) is 0 Å². The number of anilines is 1. The lowest BCUT2D eigenvalue weighted by Crippen LogP contribution is -2.17. The molecule has 1 aliphatic carbocycles. The molecule has 1 amide bonds.